The van der Waals surface area contributed by atoms with Gasteiger partial charge in [-0.1, -0.05) is 12.1 Å². The Bertz CT molecular complexity index is 1000. The summed E-state index contributed by atoms with van der Waals surface area (Å²) in [6.07, 6.45) is 2.75. The molecule has 1 heterocycles. The van der Waals surface area contributed by atoms with Crippen molar-refractivity contribution in [2.45, 2.75) is 0 Å². The molecule has 1 saturated heterocycles. The number of hydrogen-bond donors (Lipinski definition) is 0. The van der Waals surface area contributed by atoms with Crippen LogP contribution in [0.1, 0.15) is 11.1 Å². The van der Waals surface area contributed by atoms with Crippen LogP contribution in [-0.4, -0.2) is 48.8 Å². The van der Waals surface area contributed by atoms with Crippen LogP contribution in [0.3, 0.4) is 0 Å². The van der Waals surface area contributed by atoms with Crippen molar-refractivity contribution in [2.75, 3.05) is 27.2 Å². The Kier molecular flexibility index (Phi) is 6.05. The Morgan fingerprint density at radius 3 is 1.63 bits per heavy atom. The fourth-order valence-corrected chi connectivity index (χ4v) is 3.06. The minimum atomic E-state index is -1.06. The summed E-state index contributed by atoms with van der Waals surface area (Å²) in [4.78, 5) is 28.1. The molecule has 2 aromatic carbocycles. The zero-order valence-electron chi connectivity index (χ0n) is 16.3. The molecule has 0 aromatic heterocycles. The minimum absolute atomic E-state index is 0.0377. The molecule has 0 unspecified atom stereocenters. The van der Waals surface area contributed by atoms with Crippen LogP contribution in [0.4, 0.5) is 22.4 Å². The summed E-state index contributed by atoms with van der Waals surface area (Å²) in [7, 11) is 3.10. The van der Waals surface area contributed by atoms with Crippen LogP contribution in [-0.2, 0) is 4.79 Å². The van der Waals surface area contributed by atoms with E-state index in [9.17, 15) is 27.2 Å². The number of ketones is 1. The number of hydrogen-bond acceptors (Lipinski definition) is 2. The van der Waals surface area contributed by atoms with Crippen LogP contribution in [0.25, 0.3) is 12.2 Å². The maximum atomic E-state index is 13.5. The molecule has 0 saturated carbocycles. The first-order chi connectivity index (χ1) is 14.2. The second-order valence-corrected chi connectivity index (χ2v) is 7.05. The Morgan fingerprint density at radius 1 is 0.833 bits per heavy atom. The van der Waals surface area contributed by atoms with Gasteiger partial charge in [0.25, 0.3) is 0 Å². The molecule has 2 aromatic rings. The molecular formula is C22H18F4N2O2. The smallest absolute Gasteiger partial charge is 0.320 e. The van der Waals surface area contributed by atoms with Crippen molar-refractivity contribution in [3.05, 3.63) is 81.9 Å². The quantitative estimate of drug-likeness (QED) is 0.540. The largest absolute Gasteiger partial charge is 0.331 e. The van der Waals surface area contributed by atoms with E-state index in [0.717, 1.165) is 24.3 Å². The van der Waals surface area contributed by atoms with Crippen LogP contribution in [0.2, 0.25) is 0 Å². The van der Waals surface area contributed by atoms with E-state index in [2.05, 4.69) is 0 Å². The van der Waals surface area contributed by atoms with Crippen molar-refractivity contribution in [3.8, 4) is 0 Å². The molecule has 0 radical (unpaired) electrons. The summed E-state index contributed by atoms with van der Waals surface area (Å²) in [6.45, 7) is -0.0755. The number of piperidine rings is 1. The van der Waals surface area contributed by atoms with Crippen molar-refractivity contribution < 1.29 is 27.2 Å². The summed E-state index contributed by atoms with van der Waals surface area (Å²) in [5.41, 5.74) is 0.861. The van der Waals surface area contributed by atoms with Gasteiger partial charge in [-0.15, -0.1) is 0 Å². The van der Waals surface area contributed by atoms with E-state index in [1.54, 1.807) is 14.1 Å². The van der Waals surface area contributed by atoms with Crippen LogP contribution >= 0.6 is 0 Å². The lowest BCUT2D eigenvalue weighted by atomic mass is 9.94. The van der Waals surface area contributed by atoms with Gasteiger partial charge >= 0.3 is 6.03 Å². The lowest BCUT2D eigenvalue weighted by molar-refractivity contribution is -0.113. The SMILES string of the molecule is CN(C)C(=O)N1C/C(=C\c2ccc(F)c(F)c2)C(=O)/C(=C/c2ccc(F)c(F)c2)C1. The first-order valence-electron chi connectivity index (χ1n) is 8.98. The molecule has 1 fully saturated rings. The number of urea groups is 1. The van der Waals surface area contributed by atoms with E-state index >= 15 is 0 Å². The number of benzene rings is 2. The van der Waals surface area contributed by atoms with Gasteiger partial charge in [0.15, 0.2) is 29.1 Å². The van der Waals surface area contributed by atoms with Gasteiger partial charge in [-0.2, -0.15) is 0 Å². The molecule has 4 nitrogen and oxygen atoms in total. The third-order valence-electron chi connectivity index (χ3n) is 4.53. The molecule has 156 valence electrons. The van der Waals surface area contributed by atoms with Gasteiger partial charge < -0.3 is 9.80 Å². The Labute approximate surface area is 170 Å². The highest BCUT2D eigenvalue weighted by atomic mass is 19.2. The Morgan fingerprint density at radius 2 is 1.27 bits per heavy atom. The minimum Gasteiger partial charge on any atom is -0.331 e. The van der Waals surface area contributed by atoms with Gasteiger partial charge in [0.05, 0.1) is 13.1 Å². The Hall–Kier alpha value is -3.42. The topological polar surface area (TPSA) is 40.6 Å². The second kappa shape index (κ2) is 8.52. The molecule has 30 heavy (non-hydrogen) atoms. The van der Waals surface area contributed by atoms with Gasteiger partial charge in [0.2, 0.25) is 0 Å². The first-order valence-corrected chi connectivity index (χ1v) is 8.98. The van der Waals surface area contributed by atoms with Crippen molar-refractivity contribution in [1.29, 1.82) is 0 Å². The number of likely N-dealkylation sites (tertiary alicyclic amines) is 1. The van der Waals surface area contributed by atoms with Crippen LogP contribution in [0.5, 0.6) is 0 Å². The van der Waals surface area contributed by atoms with Crippen LogP contribution < -0.4 is 0 Å². The van der Waals surface area contributed by atoms with Gasteiger partial charge in [0.1, 0.15) is 0 Å². The maximum absolute atomic E-state index is 13.5. The molecule has 0 bridgehead atoms. The third-order valence-corrected chi connectivity index (χ3v) is 4.53. The van der Waals surface area contributed by atoms with E-state index in [-0.39, 0.29) is 41.4 Å². The van der Waals surface area contributed by atoms with Gasteiger partial charge in [-0.05, 0) is 47.5 Å². The van der Waals surface area contributed by atoms with E-state index < -0.39 is 29.1 Å². The molecule has 0 atom stereocenters. The fraction of sp³-hybridized carbons (Fsp3) is 0.182. The van der Waals surface area contributed by atoms with Crippen molar-refractivity contribution in [2.24, 2.45) is 0 Å². The second-order valence-electron chi connectivity index (χ2n) is 7.05. The first kappa shape index (κ1) is 21.3. The molecule has 0 spiro atoms. The highest BCUT2D eigenvalue weighted by molar-refractivity contribution is 6.15. The summed E-state index contributed by atoms with van der Waals surface area (Å²) in [5.74, 6) is -4.59. The summed E-state index contributed by atoms with van der Waals surface area (Å²) in [5, 5.41) is 0. The van der Waals surface area contributed by atoms with Gasteiger partial charge in [-0.25, -0.2) is 22.4 Å². The predicted molar refractivity (Wildman–Crippen MR) is 104 cm³/mol. The summed E-state index contributed by atoms with van der Waals surface area (Å²) < 4.78 is 53.5. The van der Waals surface area contributed by atoms with E-state index in [1.165, 1.54) is 34.1 Å². The average Bonchev–Trinajstić information content (AvgIpc) is 2.69. The normalized spacial score (nSPS) is 17.0. The van der Waals surface area contributed by atoms with Crippen molar-refractivity contribution in [3.63, 3.8) is 0 Å². The number of carbonyl (C=O) groups is 2. The molecule has 8 heteroatoms. The highest BCUT2D eigenvalue weighted by Crippen LogP contribution is 2.24. The lowest BCUT2D eigenvalue weighted by Gasteiger charge is -2.32. The molecule has 1 aliphatic heterocycles. The average molecular weight is 418 g/mol. The van der Waals surface area contributed by atoms with Crippen molar-refractivity contribution >= 4 is 24.0 Å². The molecule has 1 aliphatic rings. The number of halogens is 4. The standard InChI is InChI=1S/C22H18F4N2O2/c1-27(2)22(30)28-11-15(7-13-3-5-17(23)19(25)9-13)21(29)16(12-28)8-14-4-6-18(24)20(26)10-14/h3-10H,11-12H2,1-2H3/b15-7+,16-8+. The zero-order chi connectivity index (χ0) is 22.0. The monoisotopic (exact) mass is 418 g/mol. The van der Waals surface area contributed by atoms with E-state index in [4.69, 9.17) is 0 Å². The molecule has 0 aliphatic carbocycles. The number of nitrogens with zero attached hydrogens (tertiary/aromatic N) is 2. The number of carbonyl (C=O) groups excluding carboxylic acids is 2. The molecule has 3 rings (SSSR count). The van der Waals surface area contributed by atoms with E-state index in [0.29, 0.717) is 0 Å². The highest BCUT2D eigenvalue weighted by Gasteiger charge is 2.30. The molecule has 2 amide bonds. The third kappa shape index (κ3) is 4.59. The summed E-state index contributed by atoms with van der Waals surface area (Å²) in [6, 6.07) is 6.03. The van der Waals surface area contributed by atoms with Gasteiger partial charge in [0, 0.05) is 25.2 Å². The van der Waals surface area contributed by atoms with Crippen LogP contribution in [0.15, 0.2) is 47.5 Å². The Balaban J connectivity index is 2.03. The molecular weight excluding hydrogens is 400 g/mol. The predicted octanol–water partition coefficient (Wildman–Crippen LogP) is 4.28. The fourth-order valence-electron chi connectivity index (χ4n) is 3.06. The van der Waals surface area contributed by atoms with Gasteiger partial charge in [-0.3, -0.25) is 4.79 Å². The number of Topliss-reactive ketones (excluding diaryl/α,β-unsaturated/α-hetero) is 1. The number of amides is 2. The zero-order valence-corrected chi connectivity index (χ0v) is 16.3. The maximum Gasteiger partial charge on any atom is 0.320 e. The van der Waals surface area contributed by atoms with Crippen molar-refractivity contribution in [1.82, 2.24) is 9.80 Å². The van der Waals surface area contributed by atoms with Crippen LogP contribution in [0, 0.1) is 23.3 Å². The molecule has 0 N–H and O–H groups in total. The lowest BCUT2D eigenvalue weighted by Crippen LogP contribution is -2.46. The number of rotatable bonds is 2. The summed E-state index contributed by atoms with van der Waals surface area (Å²) >= 11 is 0. The van der Waals surface area contributed by atoms with E-state index in [1.807, 2.05) is 0 Å².